The summed E-state index contributed by atoms with van der Waals surface area (Å²) in [7, 11) is 0. The molecule has 0 aromatic carbocycles. The number of aryl methyl sites for hydroxylation is 1. The van der Waals surface area contributed by atoms with Gasteiger partial charge >= 0.3 is 31.8 Å². The van der Waals surface area contributed by atoms with E-state index in [0.29, 0.717) is 35.2 Å². The molecular formula is C40H32F6N8O2RuS. The molecule has 7 aromatic rings. The van der Waals surface area contributed by atoms with E-state index in [0.717, 1.165) is 71.9 Å². The number of unbranched alkanes of at least 4 members (excludes halogenated alkanes) is 3. The van der Waals surface area contributed by atoms with E-state index in [1.54, 1.807) is 12.4 Å². The van der Waals surface area contributed by atoms with Crippen LogP contribution in [0.5, 0.6) is 11.5 Å². The van der Waals surface area contributed by atoms with Gasteiger partial charge in [0.1, 0.15) is 24.6 Å². The van der Waals surface area contributed by atoms with Crippen molar-refractivity contribution in [2.45, 2.75) is 51.4 Å². The van der Waals surface area contributed by atoms with E-state index >= 15 is 0 Å². The van der Waals surface area contributed by atoms with Gasteiger partial charge in [-0.3, -0.25) is 15.0 Å². The number of hydrogen-bond acceptors (Lipinski definition) is 9. The van der Waals surface area contributed by atoms with Crippen LogP contribution in [0, 0.1) is 0 Å². The van der Waals surface area contributed by atoms with Crippen LogP contribution in [-0.2, 0) is 38.3 Å². The Labute approximate surface area is 345 Å². The van der Waals surface area contributed by atoms with Gasteiger partial charge in [0.25, 0.3) is 0 Å². The summed E-state index contributed by atoms with van der Waals surface area (Å²) in [6.07, 6.45) is -1.03. The van der Waals surface area contributed by atoms with Crippen molar-refractivity contribution in [1.82, 2.24) is 40.3 Å². The molecule has 0 aliphatic carbocycles. The molecular weight excluding hydrogens is 872 g/mol. The summed E-state index contributed by atoms with van der Waals surface area (Å²) in [6.45, 7) is 2.78. The number of pyridine rings is 4. The first kappa shape index (κ1) is 42.1. The van der Waals surface area contributed by atoms with Crippen LogP contribution in [-0.4, -0.2) is 43.3 Å². The molecule has 8 rings (SSSR count). The topological polar surface area (TPSA) is 124 Å². The quantitative estimate of drug-likeness (QED) is 0.0745. The maximum absolute atomic E-state index is 13.2. The molecule has 7 aromatic heterocycles. The molecule has 0 amide bonds. The third-order valence-corrected chi connectivity index (χ3v) is 9.86. The Morgan fingerprint density at radius 1 is 0.621 bits per heavy atom. The molecule has 0 saturated carbocycles. The smallest absolute Gasteiger partial charge is 0.573 e. The predicted octanol–water partition coefficient (Wildman–Crippen LogP) is 9.98. The second-order valence-corrected chi connectivity index (χ2v) is 13.8. The van der Waals surface area contributed by atoms with Crippen molar-refractivity contribution in [3.8, 4) is 67.5 Å². The van der Waals surface area contributed by atoms with Crippen molar-refractivity contribution >= 4 is 11.3 Å². The molecule has 0 fully saturated rings. The number of aromatic nitrogens is 8. The summed E-state index contributed by atoms with van der Waals surface area (Å²) < 4.78 is 90.9. The normalized spacial score (nSPS) is 12.4. The standard InChI is InChI=1S/C25H21F6N5O2S.C15H11N3.Ru/c1-2-3-4-5-6-18-21-22(38-8-7-37-21)23(39-18)13-9-14(16-11-19(35-33-16)24(26,27)28)32-15(10-13)17-12-20(36-34-17)25(29,30)31;1-3-10-16-12(6-1)14-8-5-9-15(18-14)13-7-2-4-11-17-13;/h9-12H,2-8H2,1H3;1-11H;/q-2;;+2. The first-order valence-corrected chi connectivity index (χ1v) is 18.7. The number of alkyl halides is 6. The van der Waals surface area contributed by atoms with E-state index in [1.807, 2.05) is 54.6 Å². The fourth-order valence-electron chi connectivity index (χ4n) is 5.87. The van der Waals surface area contributed by atoms with Crippen LogP contribution < -0.4 is 19.7 Å². The predicted molar refractivity (Wildman–Crippen MR) is 200 cm³/mol. The Morgan fingerprint density at radius 2 is 1.14 bits per heavy atom. The summed E-state index contributed by atoms with van der Waals surface area (Å²) >= 11 is 1.40. The van der Waals surface area contributed by atoms with Gasteiger partial charge in [-0.2, -0.15) is 26.3 Å². The molecule has 1 aliphatic heterocycles. The Morgan fingerprint density at radius 3 is 1.62 bits per heavy atom. The number of rotatable bonds is 10. The summed E-state index contributed by atoms with van der Waals surface area (Å²) in [6, 6.07) is 21.9. The summed E-state index contributed by atoms with van der Waals surface area (Å²) in [5, 5.41) is 13.6. The van der Waals surface area contributed by atoms with E-state index in [1.165, 1.54) is 23.5 Å². The Balaban J connectivity index is 0.000000249. The molecule has 18 heteroatoms. The fraction of sp³-hybridized carbons (Fsp3) is 0.250. The van der Waals surface area contributed by atoms with Gasteiger partial charge in [-0.15, -0.1) is 11.3 Å². The number of halogens is 6. The van der Waals surface area contributed by atoms with Crippen LogP contribution in [0.1, 0.15) is 48.9 Å². The number of thiophene rings is 1. The maximum Gasteiger partial charge on any atom is 2.00 e. The zero-order valence-corrected chi connectivity index (χ0v) is 33.1. The minimum atomic E-state index is -4.73. The molecule has 300 valence electrons. The van der Waals surface area contributed by atoms with Gasteiger partial charge in [0.05, 0.1) is 43.9 Å². The van der Waals surface area contributed by atoms with Crippen LogP contribution in [0.15, 0.2) is 91.3 Å². The Hall–Kier alpha value is -5.48. The van der Waals surface area contributed by atoms with E-state index in [-0.39, 0.29) is 42.3 Å². The zero-order valence-electron chi connectivity index (χ0n) is 30.5. The monoisotopic (exact) mass is 904 g/mol. The van der Waals surface area contributed by atoms with E-state index in [9.17, 15) is 26.3 Å². The molecule has 0 saturated heterocycles. The van der Waals surface area contributed by atoms with E-state index in [2.05, 4.69) is 47.3 Å². The van der Waals surface area contributed by atoms with E-state index in [4.69, 9.17) is 9.47 Å². The third kappa shape index (κ3) is 9.96. The molecule has 10 nitrogen and oxygen atoms in total. The molecule has 0 spiro atoms. The first-order valence-electron chi connectivity index (χ1n) is 17.9. The summed E-state index contributed by atoms with van der Waals surface area (Å²) in [4.78, 5) is 19.0. The molecule has 0 radical (unpaired) electrons. The largest absolute Gasteiger partial charge is 2.00 e. The molecule has 0 atom stereocenters. The van der Waals surface area contributed by atoms with Crippen LogP contribution >= 0.6 is 11.3 Å². The number of fused-ring (bicyclic) bond motifs is 1. The molecule has 8 heterocycles. The summed E-state index contributed by atoms with van der Waals surface area (Å²) in [5.41, 5.74) is 1.07. The second kappa shape index (κ2) is 18.4. The number of hydrogen-bond donors (Lipinski definition) is 0. The van der Waals surface area contributed by atoms with E-state index < -0.39 is 23.7 Å². The maximum atomic E-state index is 13.2. The zero-order chi connectivity index (χ0) is 40.0. The van der Waals surface area contributed by atoms with Crippen molar-refractivity contribution < 1.29 is 55.3 Å². The van der Waals surface area contributed by atoms with Crippen molar-refractivity contribution in [2.75, 3.05) is 13.2 Å². The van der Waals surface area contributed by atoms with Gasteiger partial charge in [0.15, 0.2) is 11.5 Å². The van der Waals surface area contributed by atoms with Crippen LogP contribution in [0.25, 0.3) is 56.0 Å². The average Bonchev–Trinajstić information content (AvgIpc) is 4.01. The van der Waals surface area contributed by atoms with Crippen molar-refractivity contribution in [1.29, 1.82) is 0 Å². The summed E-state index contributed by atoms with van der Waals surface area (Å²) in [5.74, 6) is 1.09. The van der Waals surface area contributed by atoms with Gasteiger partial charge in [-0.05, 0) is 79.1 Å². The van der Waals surface area contributed by atoms with Crippen molar-refractivity contribution in [2.24, 2.45) is 0 Å². The minimum Gasteiger partial charge on any atom is -0.573 e. The minimum absolute atomic E-state index is 0. The Kier molecular flexibility index (Phi) is 13.4. The molecule has 0 N–H and O–H groups in total. The van der Waals surface area contributed by atoms with Crippen LogP contribution in [0.2, 0.25) is 0 Å². The van der Waals surface area contributed by atoms with Gasteiger partial charge in [-0.1, -0.05) is 55.8 Å². The fourth-order valence-corrected chi connectivity index (χ4v) is 7.08. The van der Waals surface area contributed by atoms with Gasteiger partial charge in [0, 0.05) is 12.4 Å². The number of ether oxygens (including phenoxy) is 2. The Bertz CT molecular complexity index is 2290. The average molecular weight is 904 g/mol. The van der Waals surface area contributed by atoms with Crippen LogP contribution in [0.3, 0.4) is 0 Å². The van der Waals surface area contributed by atoms with Crippen molar-refractivity contribution in [3.63, 3.8) is 0 Å². The van der Waals surface area contributed by atoms with Gasteiger partial charge in [-0.25, -0.2) is 4.98 Å². The van der Waals surface area contributed by atoms with Gasteiger partial charge in [0.2, 0.25) is 0 Å². The van der Waals surface area contributed by atoms with Gasteiger partial charge < -0.3 is 29.9 Å². The number of nitrogens with zero attached hydrogens (tertiary/aromatic N) is 8. The first-order chi connectivity index (χ1) is 27.5. The molecule has 0 unspecified atom stereocenters. The molecule has 0 bridgehead atoms. The van der Waals surface area contributed by atoms with Crippen LogP contribution in [0.4, 0.5) is 26.3 Å². The second-order valence-electron chi connectivity index (χ2n) is 12.7. The SMILES string of the molecule is CCCCCCc1sc(-c2cc(-c3cc(C(F)(F)F)n[n-]3)nc(-c3cc(C(F)(F)F)n[n-]3)c2)c2c1OCCO2.[Ru+2].c1ccc(-c2cccc(-c3ccccn3)n2)nc1. The molecule has 1 aliphatic rings. The molecule has 58 heavy (non-hydrogen) atoms. The third-order valence-electron chi connectivity index (χ3n) is 8.60. The van der Waals surface area contributed by atoms with Crippen molar-refractivity contribution in [3.05, 3.63) is 108 Å².